The molecule has 2 aromatic carbocycles. The number of para-hydroxylation sites is 1. The largest absolute Gasteiger partial charge is 0.368 e. The number of rotatable bonds is 6. The van der Waals surface area contributed by atoms with Crippen molar-refractivity contribution in [3.63, 3.8) is 0 Å². The Morgan fingerprint density at radius 1 is 1.00 bits per heavy atom. The highest BCUT2D eigenvalue weighted by molar-refractivity contribution is 7.90. The summed E-state index contributed by atoms with van der Waals surface area (Å²) in [5.74, 6) is -0.218. The van der Waals surface area contributed by atoms with Crippen molar-refractivity contribution in [3.8, 4) is 0 Å². The lowest BCUT2D eigenvalue weighted by molar-refractivity contribution is -0.129. The van der Waals surface area contributed by atoms with E-state index in [2.05, 4.69) is 4.90 Å². The predicted molar refractivity (Wildman–Crippen MR) is 117 cm³/mol. The summed E-state index contributed by atoms with van der Waals surface area (Å²) in [4.78, 5) is 16.8. The maximum Gasteiger partial charge on any atom is 0.304 e. The summed E-state index contributed by atoms with van der Waals surface area (Å²) >= 11 is 6.07. The van der Waals surface area contributed by atoms with Crippen molar-refractivity contribution in [1.29, 1.82) is 0 Å². The van der Waals surface area contributed by atoms with Crippen molar-refractivity contribution in [3.05, 3.63) is 59.6 Å². The van der Waals surface area contributed by atoms with Gasteiger partial charge in [0.25, 0.3) is 0 Å². The molecule has 1 aliphatic rings. The first kappa shape index (κ1) is 21.4. The van der Waals surface area contributed by atoms with Gasteiger partial charge in [0.2, 0.25) is 5.91 Å². The van der Waals surface area contributed by atoms with E-state index in [4.69, 9.17) is 11.6 Å². The molecule has 0 unspecified atom stereocenters. The van der Waals surface area contributed by atoms with Gasteiger partial charge in [0.1, 0.15) is 6.54 Å². The summed E-state index contributed by atoms with van der Waals surface area (Å²) in [5, 5.41) is 0.674. The molecule has 1 heterocycles. The zero-order chi connectivity index (χ0) is 21.0. The number of hydrogen-bond donors (Lipinski definition) is 0. The number of hydrogen-bond acceptors (Lipinski definition) is 4. The minimum Gasteiger partial charge on any atom is -0.368 e. The van der Waals surface area contributed by atoms with Crippen LogP contribution in [0.1, 0.15) is 0 Å². The average molecular weight is 437 g/mol. The zero-order valence-corrected chi connectivity index (χ0v) is 18.1. The van der Waals surface area contributed by atoms with Gasteiger partial charge in [0, 0.05) is 51.0 Å². The molecule has 0 radical (unpaired) electrons. The number of benzene rings is 2. The fourth-order valence-corrected chi connectivity index (χ4v) is 4.45. The summed E-state index contributed by atoms with van der Waals surface area (Å²) in [5.41, 5.74) is 1.48. The number of amides is 1. The molecule has 0 atom stereocenters. The van der Waals surface area contributed by atoms with Crippen molar-refractivity contribution in [1.82, 2.24) is 9.21 Å². The highest BCUT2D eigenvalue weighted by Crippen LogP contribution is 2.22. The fourth-order valence-electron chi connectivity index (χ4n) is 3.21. The van der Waals surface area contributed by atoms with E-state index >= 15 is 0 Å². The SMILES string of the molecule is CN(C)S(=O)(=O)N(CC(=O)N1CCN(c2cccc(Cl)c2)CC1)c1ccccc1. The minimum atomic E-state index is -3.79. The molecule has 9 heteroatoms. The standard InChI is InChI=1S/C20H25ClN4O3S/c1-22(2)29(27,28)25(18-8-4-3-5-9-18)16-20(26)24-13-11-23(12-14-24)19-10-6-7-17(21)15-19/h3-10,15H,11-14,16H2,1-2H3. The second-order valence-corrected chi connectivity index (χ2v) is 9.48. The molecule has 1 amide bonds. The van der Waals surface area contributed by atoms with Crippen molar-refractivity contribution in [2.24, 2.45) is 0 Å². The molecule has 1 saturated heterocycles. The van der Waals surface area contributed by atoms with Crippen LogP contribution in [0.25, 0.3) is 0 Å². The van der Waals surface area contributed by atoms with E-state index in [0.717, 1.165) is 14.3 Å². The van der Waals surface area contributed by atoms with E-state index in [9.17, 15) is 13.2 Å². The quantitative estimate of drug-likeness (QED) is 0.697. The summed E-state index contributed by atoms with van der Waals surface area (Å²) in [6.45, 7) is 2.14. The molecule has 3 rings (SSSR count). The molecule has 0 aliphatic carbocycles. The molecule has 0 N–H and O–H groups in total. The summed E-state index contributed by atoms with van der Waals surface area (Å²) in [6.07, 6.45) is 0. The molecular formula is C20H25ClN4O3S. The van der Waals surface area contributed by atoms with Gasteiger partial charge >= 0.3 is 10.2 Å². The number of anilines is 2. The van der Waals surface area contributed by atoms with E-state index in [1.54, 1.807) is 35.2 Å². The lowest BCUT2D eigenvalue weighted by Gasteiger charge is -2.37. The number of piperazine rings is 1. The zero-order valence-electron chi connectivity index (χ0n) is 16.5. The van der Waals surface area contributed by atoms with Gasteiger partial charge in [0.15, 0.2) is 0 Å². The van der Waals surface area contributed by atoms with Gasteiger partial charge in [-0.15, -0.1) is 0 Å². The van der Waals surface area contributed by atoms with E-state index in [1.807, 2.05) is 24.3 Å². The van der Waals surface area contributed by atoms with Gasteiger partial charge in [-0.3, -0.25) is 4.79 Å². The second-order valence-electron chi connectivity index (χ2n) is 6.98. The topological polar surface area (TPSA) is 64.2 Å². The number of nitrogens with zero attached hydrogens (tertiary/aromatic N) is 4. The lowest BCUT2D eigenvalue weighted by atomic mass is 10.2. The smallest absolute Gasteiger partial charge is 0.304 e. The van der Waals surface area contributed by atoms with E-state index in [-0.39, 0.29) is 12.5 Å². The maximum atomic E-state index is 12.9. The van der Waals surface area contributed by atoms with Crippen LogP contribution in [0, 0.1) is 0 Å². The normalized spacial score (nSPS) is 14.9. The van der Waals surface area contributed by atoms with Crippen LogP contribution in [0.15, 0.2) is 54.6 Å². The molecule has 0 saturated carbocycles. The minimum absolute atomic E-state index is 0.218. The first-order chi connectivity index (χ1) is 13.8. The van der Waals surface area contributed by atoms with Crippen LogP contribution in [0.2, 0.25) is 5.02 Å². The summed E-state index contributed by atoms with van der Waals surface area (Å²) in [6, 6.07) is 16.3. The summed E-state index contributed by atoms with van der Waals surface area (Å²) < 4.78 is 27.8. The molecule has 0 aromatic heterocycles. The Morgan fingerprint density at radius 3 is 2.24 bits per heavy atom. The molecule has 29 heavy (non-hydrogen) atoms. The molecule has 1 aliphatic heterocycles. The third kappa shape index (κ3) is 5.01. The molecule has 0 spiro atoms. The Balaban J connectivity index is 1.69. The lowest BCUT2D eigenvalue weighted by Crippen LogP contribution is -2.53. The maximum absolute atomic E-state index is 12.9. The fraction of sp³-hybridized carbons (Fsp3) is 0.350. The van der Waals surface area contributed by atoms with Crippen LogP contribution in [-0.4, -0.2) is 70.3 Å². The number of halogens is 1. The van der Waals surface area contributed by atoms with Crippen LogP contribution in [0.5, 0.6) is 0 Å². The van der Waals surface area contributed by atoms with Gasteiger partial charge in [-0.1, -0.05) is 35.9 Å². The van der Waals surface area contributed by atoms with Crippen molar-refractivity contribution >= 4 is 39.1 Å². The van der Waals surface area contributed by atoms with Crippen LogP contribution in [0.4, 0.5) is 11.4 Å². The Morgan fingerprint density at radius 2 is 1.66 bits per heavy atom. The first-order valence-corrected chi connectivity index (χ1v) is 11.1. The molecule has 0 bridgehead atoms. The Labute approximate surface area is 177 Å². The Hall–Kier alpha value is -2.29. The highest BCUT2D eigenvalue weighted by atomic mass is 35.5. The van der Waals surface area contributed by atoms with Gasteiger partial charge in [-0.2, -0.15) is 12.7 Å². The average Bonchev–Trinajstić information content (AvgIpc) is 2.72. The van der Waals surface area contributed by atoms with Crippen molar-refractivity contribution in [2.45, 2.75) is 0 Å². The molecular weight excluding hydrogens is 412 g/mol. The molecule has 2 aromatic rings. The Bertz CT molecular complexity index is 945. The van der Waals surface area contributed by atoms with Crippen LogP contribution < -0.4 is 9.21 Å². The second kappa shape index (κ2) is 9.02. The van der Waals surface area contributed by atoms with Gasteiger partial charge in [0.05, 0.1) is 5.69 Å². The van der Waals surface area contributed by atoms with Gasteiger partial charge in [-0.05, 0) is 30.3 Å². The first-order valence-electron chi connectivity index (χ1n) is 9.32. The number of carbonyl (C=O) groups excluding carboxylic acids is 1. The van der Waals surface area contributed by atoms with Crippen LogP contribution >= 0.6 is 11.6 Å². The van der Waals surface area contributed by atoms with Gasteiger partial charge < -0.3 is 9.80 Å². The predicted octanol–water partition coefficient (Wildman–Crippen LogP) is 2.30. The van der Waals surface area contributed by atoms with Crippen LogP contribution in [0.3, 0.4) is 0 Å². The van der Waals surface area contributed by atoms with Crippen molar-refractivity contribution < 1.29 is 13.2 Å². The highest BCUT2D eigenvalue weighted by Gasteiger charge is 2.30. The Kier molecular flexibility index (Phi) is 6.66. The van der Waals surface area contributed by atoms with E-state index < -0.39 is 10.2 Å². The molecule has 7 nitrogen and oxygen atoms in total. The monoisotopic (exact) mass is 436 g/mol. The van der Waals surface area contributed by atoms with E-state index in [0.29, 0.717) is 36.9 Å². The third-order valence-corrected chi connectivity index (χ3v) is 6.92. The van der Waals surface area contributed by atoms with Gasteiger partial charge in [-0.25, -0.2) is 4.31 Å². The van der Waals surface area contributed by atoms with E-state index in [1.165, 1.54) is 14.1 Å². The molecule has 1 fully saturated rings. The molecule has 156 valence electrons. The van der Waals surface area contributed by atoms with Crippen LogP contribution in [-0.2, 0) is 15.0 Å². The third-order valence-electron chi connectivity index (χ3n) is 4.87. The van der Waals surface area contributed by atoms with Crippen molar-refractivity contribution in [2.75, 3.05) is 56.0 Å². The summed E-state index contributed by atoms with van der Waals surface area (Å²) in [7, 11) is -0.875. The number of carbonyl (C=O) groups is 1.